The van der Waals surface area contributed by atoms with Crippen molar-refractivity contribution in [3.8, 4) is 11.3 Å². The molecule has 4 aromatic rings. The number of rotatable bonds is 6. The highest BCUT2D eigenvalue weighted by atomic mass is 16.5. The Morgan fingerprint density at radius 2 is 1.93 bits per heavy atom. The summed E-state index contributed by atoms with van der Waals surface area (Å²) in [5.74, 6) is -1.43. The average molecular weight is 404 g/mol. The fourth-order valence-electron chi connectivity index (χ4n) is 2.99. The maximum absolute atomic E-state index is 12.7. The number of amides is 1. The second kappa shape index (κ2) is 7.95. The molecular formula is C20H16N6O4. The lowest BCUT2D eigenvalue weighted by molar-refractivity contribution is -0.120. The van der Waals surface area contributed by atoms with Crippen molar-refractivity contribution in [1.82, 2.24) is 25.1 Å². The number of benzene rings is 1. The van der Waals surface area contributed by atoms with Crippen molar-refractivity contribution in [2.45, 2.75) is 12.5 Å². The molecule has 150 valence electrons. The zero-order valence-electron chi connectivity index (χ0n) is 15.5. The first-order chi connectivity index (χ1) is 14.5. The number of aromatic amines is 2. The number of hydrogen-bond donors (Lipinski definition) is 3. The first kappa shape index (κ1) is 19.0. The van der Waals surface area contributed by atoms with Gasteiger partial charge in [0.15, 0.2) is 0 Å². The van der Waals surface area contributed by atoms with E-state index in [2.05, 4.69) is 25.1 Å². The van der Waals surface area contributed by atoms with Gasteiger partial charge in [-0.1, -0.05) is 0 Å². The number of nitrogens with zero attached hydrogens (tertiary/aromatic N) is 3. The van der Waals surface area contributed by atoms with E-state index in [0.717, 1.165) is 0 Å². The van der Waals surface area contributed by atoms with Crippen LogP contribution >= 0.6 is 0 Å². The molecule has 10 heteroatoms. The lowest BCUT2D eigenvalue weighted by Crippen LogP contribution is -2.26. The van der Waals surface area contributed by atoms with E-state index >= 15 is 0 Å². The van der Waals surface area contributed by atoms with E-state index in [0.29, 0.717) is 22.3 Å². The third kappa shape index (κ3) is 3.92. The molecule has 1 amide bonds. The summed E-state index contributed by atoms with van der Waals surface area (Å²) in [5.41, 5.74) is 7.49. The number of fused-ring (bicyclic) bond motifs is 1. The maximum atomic E-state index is 12.7. The summed E-state index contributed by atoms with van der Waals surface area (Å²) in [6.07, 6.45) is 3.12. The number of H-pyrrole nitrogens is 2. The summed E-state index contributed by atoms with van der Waals surface area (Å²) in [6.45, 7) is 0. The van der Waals surface area contributed by atoms with E-state index in [1.165, 1.54) is 12.4 Å². The number of aromatic nitrogens is 5. The van der Waals surface area contributed by atoms with E-state index < -0.39 is 23.5 Å². The van der Waals surface area contributed by atoms with Gasteiger partial charge in [0.05, 0.1) is 40.6 Å². The number of nitrogens with one attached hydrogen (secondary N) is 2. The van der Waals surface area contributed by atoms with E-state index in [1.54, 1.807) is 42.7 Å². The van der Waals surface area contributed by atoms with Crippen LogP contribution in [0.5, 0.6) is 0 Å². The van der Waals surface area contributed by atoms with Gasteiger partial charge in [-0.05, 0) is 36.4 Å². The Labute approximate surface area is 169 Å². The Morgan fingerprint density at radius 3 is 2.70 bits per heavy atom. The quantitative estimate of drug-likeness (QED) is 0.411. The molecule has 0 aliphatic heterocycles. The summed E-state index contributed by atoms with van der Waals surface area (Å²) in [4.78, 5) is 47.6. The fourth-order valence-corrected chi connectivity index (χ4v) is 2.99. The van der Waals surface area contributed by atoms with Crippen molar-refractivity contribution < 1.29 is 14.3 Å². The molecule has 3 aromatic heterocycles. The number of imidazole rings is 1. The number of carbonyl (C=O) groups excluding carboxylic acids is 2. The standard InChI is InChI=1S/C20H16N6O4/c21-18(27)9-17(30-20(29)12-1-2-14-16(7-12)24-10-23-14)13-8-15(25-26-19(13)28)11-3-5-22-6-4-11/h1-8,10,17H,9H2,(H2,21,27)(H,23,24)(H,26,28). The highest BCUT2D eigenvalue weighted by Gasteiger charge is 2.24. The largest absolute Gasteiger partial charge is 0.453 e. The van der Waals surface area contributed by atoms with Crippen LogP contribution in [0, 0.1) is 0 Å². The van der Waals surface area contributed by atoms with Crippen LogP contribution in [0.15, 0.2) is 59.9 Å². The normalized spacial score (nSPS) is 11.9. The molecule has 0 saturated carbocycles. The molecule has 3 heterocycles. The predicted octanol–water partition coefficient (Wildman–Crippen LogP) is 1.48. The second-order valence-corrected chi connectivity index (χ2v) is 6.47. The monoisotopic (exact) mass is 404 g/mol. The zero-order valence-corrected chi connectivity index (χ0v) is 15.5. The Morgan fingerprint density at radius 1 is 1.13 bits per heavy atom. The van der Waals surface area contributed by atoms with Crippen LogP contribution in [0.25, 0.3) is 22.3 Å². The maximum Gasteiger partial charge on any atom is 0.338 e. The van der Waals surface area contributed by atoms with Gasteiger partial charge in [0.1, 0.15) is 6.10 Å². The molecule has 10 nitrogen and oxygen atoms in total. The van der Waals surface area contributed by atoms with Crippen LogP contribution in [0.3, 0.4) is 0 Å². The number of pyridine rings is 1. The summed E-state index contributed by atoms with van der Waals surface area (Å²) in [7, 11) is 0. The van der Waals surface area contributed by atoms with Crippen LogP contribution in [0.2, 0.25) is 0 Å². The third-order valence-corrected chi connectivity index (χ3v) is 4.45. The van der Waals surface area contributed by atoms with Gasteiger partial charge in [0, 0.05) is 18.0 Å². The molecule has 1 unspecified atom stereocenters. The van der Waals surface area contributed by atoms with Crippen LogP contribution in [0.1, 0.15) is 28.4 Å². The van der Waals surface area contributed by atoms with Crippen molar-refractivity contribution in [3.05, 3.63) is 76.6 Å². The summed E-state index contributed by atoms with van der Waals surface area (Å²) < 4.78 is 5.50. The van der Waals surface area contributed by atoms with E-state index in [-0.39, 0.29) is 17.5 Å². The van der Waals surface area contributed by atoms with E-state index in [9.17, 15) is 14.4 Å². The summed E-state index contributed by atoms with van der Waals surface area (Å²) >= 11 is 0. The Kier molecular flexibility index (Phi) is 5.04. The summed E-state index contributed by atoms with van der Waals surface area (Å²) in [6, 6.07) is 9.66. The number of hydrogen-bond acceptors (Lipinski definition) is 7. The summed E-state index contributed by atoms with van der Waals surface area (Å²) in [5, 5.41) is 6.38. The molecule has 4 N–H and O–H groups in total. The number of nitrogens with two attached hydrogens (primary N) is 1. The first-order valence-corrected chi connectivity index (χ1v) is 8.93. The highest BCUT2D eigenvalue weighted by Crippen LogP contribution is 2.24. The van der Waals surface area contributed by atoms with Crippen molar-refractivity contribution in [1.29, 1.82) is 0 Å². The number of esters is 1. The lowest BCUT2D eigenvalue weighted by Gasteiger charge is -2.17. The molecule has 0 aliphatic rings. The molecule has 0 radical (unpaired) electrons. The van der Waals surface area contributed by atoms with Gasteiger partial charge in [-0.15, -0.1) is 0 Å². The molecule has 4 rings (SSSR count). The molecule has 0 fully saturated rings. The minimum absolute atomic E-state index is 0.0616. The SMILES string of the molecule is NC(=O)CC(OC(=O)c1ccc2nc[nH]c2c1)c1cc(-c2ccncc2)n[nH]c1=O. The lowest BCUT2D eigenvalue weighted by atomic mass is 10.1. The van der Waals surface area contributed by atoms with Crippen molar-refractivity contribution in [2.24, 2.45) is 5.73 Å². The zero-order chi connectivity index (χ0) is 21.1. The van der Waals surface area contributed by atoms with E-state index in [4.69, 9.17) is 10.5 Å². The fraction of sp³-hybridized carbons (Fsp3) is 0.100. The topological polar surface area (TPSA) is 157 Å². The number of carbonyl (C=O) groups is 2. The van der Waals surface area contributed by atoms with Gasteiger partial charge in [-0.3, -0.25) is 14.6 Å². The van der Waals surface area contributed by atoms with Crippen molar-refractivity contribution in [3.63, 3.8) is 0 Å². The number of ether oxygens (including phenoxy) is 1. The molecule has 30 heavy (non-hydrogen) atoms. The van der Waals surface area contributed by atoms with Crippen molar-refractivity contribution in [2.75, 3.05) is 0 Å². The minimum Gasteiger partial charge on any atom is -0.453 e. The van der Waals surface area contributed by atoms with Crippen LogP contribution in [0.4, 0.5) is 0 Å². The Balaban J connectivity index is 1.68. The van der Waals surface area contributed by atoms with Gasteiger partial charge in [-0.25, -0.2) is 14.9 Å². The predicted molar refractivity (Wildman–Crippen MR) is 106 cm³/mol. The molecule has 0 spiro atoms. The van der Waals surface area contributed by atoms with Gasteiger partial charge >= 0.3 is 5.97 Å². The molecule has 0 bridgehead atoms. The van der Waals surface area contributed by atoms with Crippen LogP contribution in [-0.2, 0) is 9.53 Å². The van der Waals surface area contributed by atoms with E-state index in [1.807, 2.05) is 0 Å². The first-order valence-electron chi connectivity index (χ1n) is 8.93. The average Bonchev–Trinajstić information content (AvgIpc) is 3.22. The Hall–Kier alpha value is -4.34. The molecular weight excluding hydrogens is 388 g/mol. The molecule has 1 aromatic carbocycles. The molecule has 0 saturated heterocycles. The van der Waals surface area contributed by atoms with Gasteiger partial charge in [-0.2, -0.15) is 5.10 Å². The Bertz CT molecular complexity index is 1280. The second-order valence-electron chi connectivity index (χ2n) is 6.47. The smallest absolute Gasteiger partial charge is 0.338 e. The van der Waals surface area contributed by atoms with Crippen LogP contribution < -0.4 is 11.3 Å². The van der Waals surface area contributed by atoms with Crippen LogP contribution in [-0.4, -0.2) is 37.0 Å². The van der Waals surface area contributed by atoms with Gasteiger partial charge in [0.25, 0.3) is 5.56 Å². The molecule has 0 aliphatic carbocycles. The van der Waals surface area contributed by atoms with Crippen molar-refractivity contribution >= 4 is 22.9 Å². The number of primary amides is 1. The highest BCUT2D eigenvalue weighted by molar-refractivity contribution is 5.93. The third-order valence-electron chi connectivity index (χ3n) is 4.45. The van der Waals surface area contributed by atoms with Gasteiger partial charge < -0.3 is 15.5 Å². The molecule has 1 atom stereocenters. The van der Waals surface area contributed by atoms with Gasteiger partial charge in [0.2, 0.25) is 5.91 Å². The minimum atomic E-state index is -1.18.